The monoisotopic (exact) mass is 517 g/mol. The van der Waals surface area contributed by atoms with Gasteiger partial charge in [0, 0.05) is 42.9 Å². The van der Waals surface area contributed by atoms with Gasteiger partial charge in [-0.05, 0) is 31.9 Å². The second-order valence-corrected chi connectivity index (χ2v) is 10.2. The second kappa shape index (κ2) is 8.93. The van der Waals surface area contributed by atoms with Gasteiger partial charge in [-0.1, -0.05) is 11.6 Å². The molecule has 2 aromatic heterocycles. The summed E-state index contributed by atoms with van der Waals surface area (Å²) in [7, 11) is 0. The highest BCUT2D eigenvalue weighted by atomic mass is 35.5. The van der Waals surface area contributed by atoms with E-state index in [2.05, 4.69) is 10.1 Å². The van der Waals surface area contributed by atoms with Gasteiger partial charge in [-0.2, -0.15) is 5.10 Å². The highest BCUT2D eigenvalue weighted by Gasteiger charge is 2.48. The van der Waals surface area contributed by atoms with E-state index >= 15 is 4.39 Å². The maximum atomic E-state index is 15.4. The van der Waals surface area contributed by atoms with Gasteiger partial charge < -0.3 is 14.7 Å². The number of halogens is 3. The first-order valence-electron chi connectivity index (χ1n) is 12.1. The van der Waals surface area contributed by atoms with Gasteiger partial charge in [-0.3, -0.25) is 9.69 Å². The standard InChI is InChI=1S/C25H26ClF2N5O3/c1-13-18(26)10-29-24-17-11-31(12-19(17)30-33(13)24)25(35)16-4-2-14(27)8-21(16)36-22-9-15-3-5-20(23(22)28)32(15)6-7-34/h2,4,8,10,15,20,22-23,34H,3,5-7,9,11-12H2,1H3/t15-,20-,22-,23?/m0/s1. The molecular weight excluding hydrogens is 492 g/mol. The number of rotatable bonds is 5. The summed E-state index contributed by atoms with van der Waals surface area (Å²) in [6.07, 6.45) is 1.41. The lowest BCUT2D eigenvalue weighted by Crippen LogP contribution is -2.54. The molecule has 2 saturated heterocycles. The number of aliphatic hydroxyl groups excluding tert-OH is 1. The number of hydrogen-bond acceptors (Lipinski definition) is 6. The summed E-state index contributed by atoms with van der Waals surface area (Å²) in [5.41, 5.74) is 3.15. The molecule has 0 radical (unpaired) electrons. The Kier molecular flexibility index (Phi) is 5.85. The molecule has 0 aliphatic carbocycles. The van der Waals surface area contributed by atoms with E-state index in [1.807, 2.05) is 11.8 Å². The number of carbonyl (C=O) groups is 1. The zero-order chi connectivity index (χ0) is 25.1. The summed E-state index contributed by atoms with van der Waals surface area (Å²) in [5.74, 6) is -0.860. The number of aromatic nitrogens is 3. The van der Waals surface area contributed by atoms with Crippen molar-refractivity contribution >= 4 is 23.2 Å². The topological polar surface area (TPSA) is 83.2 Å². The largest absolute Gasteiger partial charge is 0.486 e. The van der Waals surface area contributed by atoms with Gasteiger partial charge in [0.1, 0.15) is 17.7 Å². The average Bonchev–Trinajstić information content (AvgIpc) is 3.51. The minimum Gasteiger partial charge on any atom is -0.486 e. The van der Waals surface area contributed by atoms with Crippen molar-refractivity contribution in [1.29, 1.82) is 0 Å². The molecule has 1 unspecified atom stereocenters. The number of hydrogen-bond donors (Lipinski definition) is 1. The van der Waals surface area contributed by atoms with E-state index < -0.39 is 18.1 Å². The van der Waals surface area contributed by atoms with Crippen LogP contribution in [-0.2, 0) is 13.1 Å². The molecule has 6 rings (SSSR count). The van der Waals surface area contributed by atoms with Crippen LogP contribution in [0.2, 0.25) is 5.02 Å². The van der Waals surface area contributed by atoms with E-state index in [0.29, 0.717) is 30.1 Å². The summed E-state index contributed by atoms with van der Waals surface area (Å²) in [5, 5.41) is 14.4. The lowest BCUT2D eigenvalue weighted by atomic mass is 9.97. The first kappa shape index (κ1) is 23.6. The number of aliphatic hydroxyl groups is 1. The van der Waals surface area contributed by atoms with Crippen LogP contribution in [-0.4, -0.2) is 72.9 Å². The van der Waals surface area contributed by atoms with Crippen LogP contribution in [0, 0.1) is 12.7 Å². The Hall–Kier alpha value is -2.82. The summed E-state index contributed by atoms with van der Waals surface area (Å²) in [6.45, 7) is 2.80. The predicted octanol–water partition coefficient (Wildman–Crippen LogP) is 3.30. The van der Waals surface area contributed by atoms with E-state index in [0.717, 1.165) is 29.4 Å². The number of carbonyl (C=O) groups excluding carboxylic acids is 1. The summed E-state index contributed by atoms with van der Waals surface area (Å²) in [4.78, 5) is 21.5. The molecule has 8 nitrogen and oxygen atoms in total. The lowest BCUT2D eigenvalue weighted by Gasteiger charge is -2.41. The minimum absolute atomic E-state index is 0.0287. The Morgan fingerprint density at radius 1 is 1.31 bits per heavy atom. The average molecular weight is 518 g/mol. The fourth-order valence-electron chi connectivity index (χ4n) is 5.91. The van der Waals surface area contributed by atoms with E-state index in [1.165, 1.54) is 12.1 Å². The van der Waals surface area contributed by atoms with Crippen molar-refractivity contribution in [3.63, 3.8) is 0 Å². The number of alkyl halides is 1. The summed E-state index contributed by atoms with van der Waals surface area (Å²) >= 11 is 6.16. The quantitative estimate of drug-likeness (QED) is 0.559. The molecule has 1 N–H and O–H groups in total. The molecule has 11 heteroatoms. The van der Waals surface area contributed by atoms with Gasteiger partial charge in [0.2, 0.25) is 0 Å². The Labute approximate surface area is 211 Å². The van der Waals surface area contributed by atoms with E-state index in [4.69, 9.17) is 16.3 Å². The first-order valence-corrected chi connectivity index (χ1v) is 12.5. The van der Waals surface area contributed by atoms with Gasteiger partial charge in [0.05, 0.1) is 41.7 Å². The maximum absolute atomic E-state index is 15.4. The van der Waals surface area contributed by atoms with Gasteiger partial charge in [-0.15, -0.1) is 0 Å². The maximum Gasteiger partial charge on any atom is 0.258 e. The first-order chi connectivity index (χ1) is 17.4. The van der Waals surface area contributed by atoms with Crippen molar-refractivity contribution in [1.82, 2.24) is 24.4 Å². The molecule has 4 atom stereocenters. The highest BCUT2D eigenvalue weighted by molar-refractivity contribution is 6.31. The molecule has 0 saturated carbocycles. The predicted molar refractivity (Wildman–Crippen MR) is 127 cm³/mol. The SMILES string of the molecule is Cc1c(Cl)cnc2c3c(nn12)CN(C(=O)c1ccc(F)cc1O[C@H]1C[C@@H]2CC[C@@H](C1F)N2CCO)C3. The normalized spacial score (nSPS) is 25.5. The molecule has 5 heterocycles. The third-order valence-electron chi connectivity index (χ3n) is 7.71. The Morgan fingerprint density at radius 3 is 2.94 bits per heavy atom. The van der Waals surface area contributed by atoms with Crippen LogP contribution in [0.3, 0.4) is 0 Å². The number of ether oxygens (including phenoxy) is 1. The number of fused-ring (bicyclic) bond motifs is 5. The van der Waals surface area contributed by atoms with Crippen LogP contribution in [0.1, 0.15) is 46.6 Å². The van der Waals surface area contributed by atoms with Crippen LogP contribution in [0.15, 0.2) is 24.4 Å². The van der Waals surface area contributed by atoms with Crippen LogP contribution in [0.4, 0.5) is 8.78 Å². The van der Waals surface area contributed by atoms with Gasteiger partial charge in [0.25, 0.3) is 5.91 Å². The molecule has 190 valence electrons. The van der Waals surface area contributed by atoms with Crippen LogP contribution >= 0.6 is 11.6 Å². The van der Waals surface area contributed by atoms with Crippen molar-refractivity contribution in [2.45, 2.75) is 63.6 Å². The lowest BCUT2D eigenvalue weighted by molar-refractivity contribution is -0.0279. The Bertz CT molecular complexity index is 1350. The van der Waals surface area contributed by atoms with Crippen LogP contribution < -0.4 is 4.74 Å². The Balaban J connectivity index is 1.24. The molecule has 3 aliphatic rings. The molecule has 3 aliphatic heterocycles. The van der Waals surface area contributed by atoms with Gasteiger partial charge >= 0.3 is 0 Å². The molecule has 2 fully saturated rings. The summed E-state index contributed by atoms with van der Waals surface area (Å²) in [6, 6.07) is 3.51. The molecule has 1 amide bonds. The van der Waals surface area contributed by atoms with Gasteiger partial charge in [0.15, 0.2) is 11.8 Å². The fraction of sp³-hybridized carbons (Fsp3) is 0.480. The van der Waals surface area contributed by atoms with E-state index in [-0.39, 0.29) is 49.0 Å². The third-order valence-corrected chi connectivity index (χ3v) is 8.08. The van der Waals surface area contributed by atoms with Crippen molar-refractivity contribution in [3.8, 4) is 5.75 Å². The second-order valence-electron chi connectivity index (χ2n) is 9.75. The van der Waals surface area contributed by atoms with Crippen molar-refractivity contribution in [3.05, 3.63) is 57.8 Å². The molecule has 2 bridgehead atoms. The molecular formula is C25H26ClF2N5O3. The smallest absolute Gasteiger partial charge is 0.258 e. The number of benzene rings is 1. The zero-order valence-corrected chi connectivity index (χ0v) is 20.5. The molecule has 0 spiro atoms. The fourth-order valence-corrected chi connectivity index (χ4v) is 6.04. The number of aryl methyl sites for hydroxylation is 1. The van der Waals surface area contributed by atoms with Gasteiger partial charge in [-0.25, -0.2) is 18.3 Å². The van der Waals surface area contributed by atoms with Crippen molar-refractivity contribution < 1.29 is 23.4 Å². The Morgan fingerprint density at radius 2 is 2.14 bits per heavy atom. The van der Waals surface area contributed by atoms with Crippen LogP contribution in [0.5, 0.6) is 5.75 Å². The van der Waals surface area contributed by atoms with E-state index in [9.17, 15) is 14.3 Å². The summed E-state index contributed by atoms with van der Waals surface area (Å²) < 4.78 is 37.3. The van der Waals surface area contributed by atoms with E-state index in [1.54, 1.807) is 15.6 Å². The molecule has 3 aromatic rings. The minimum atomic E-state index is -1.30. The number of piperidine rings is 1. The van der Waals surface area contributed by atoms with Crippen LogP contribution in [0.25, 0.3) is 5.65 Å². The molecule has 36 heavy (non-hydrogen) atoms. The number of amides is 1. The zero-order valence-electron chi connectivity index (χ0n) is 19.7. The van der Waals surface area contributed by atoms with Crippen molar-refractivity contribution in [2.75, 3.05) is 13.2 Å². The highest BCUT2D eigenvalue weighted by Crippen LogP contribution is 2.39. The number of nitrogens with zero attached hydrogens (tertiary/aromatic N) is 5. The molecule has 1 aromatic carbocycles. The van der Waals surface area contributed by atoms with Crippen molar-refractivity contribution in [2.24, 2.45) is 0 Å². The third kappa shape index (κ3) is 3.74.